The van der Waals surface area contributed by atoms with Crippen LogP contribution in [-0.2, 0) is 4.79 Å². The first kappa shape index (κ1) is 15.1. The Morgan fingerprint density at radius 3 is 2.67 bits per heavy atom. The molecule has 0 aliphatic rings. The van der Waals surface area contributed by atoms with E-state index in [2.05, 4.69) is 0 Å². The van der Waals surface area contributed by atoms with Gasteiger partial charge < -0.3 is 9.47 Å². The predicted molar refractivity (Wildman–Crippen MR) is 83.9 cm³/mol. The van der Waals surface area contributed by atoms with Gasteiger partial charge in [-0.2, -0.15) is 0 Å². The van der Waals surface area contributed by atoms with Crippen LogP contribution in [0.5, 0.6) is 11.5 Å². The molecule has 0 aromatic heterocycles. The summed E-state index contributed by atoms with van der Waals surface area (Å²) in [6, 6.07) is 12.5. The molecule has 4 heteroatoms. The average molecular weight is 303 g/mol. The molecule has 0 aliphatic carbocycles. The average Bonchev–Trinajstić information content (AvgIpc) is 2.49. The van der Waals surface area contributed by atoms with E-state index < -0.39 is 5.97 Å². The summed E-state index contributed by atoms with van der Waals surface area (Å²) in [5, 5.41) is 0.638. The van der Waals surface area contributed by atoms with Crippen molar-refractivity contribution < 1.29 is 14.3 Å². The third-order valence-electron chi connectivity index (χ3n) is 2.89. The maximum absolute atomic E-state index is 11.8. The van der Waals surface area contributed by atoms with E-state index in [-0.39, 0.29) is 0 Å². The fraction of sp³-hybridized carbons (Fsp3) is 0.118. The van der Waals surface area contributed by atoms with Crippen LogP contribution in [0.2, 0.25) is 5.02 Å². The van der Waals surface area contributed by atoms with E-state index >= 15 is 0 Å². The fourth-order valence-corrected chi connectivity index (χ4v) is 1.91. The summed E-state index contributed by atoms with van der Waals surface area (Å²) in [6.07, 6.45) is 3.02. The SMILES string of the molecule is COc1ccccc1/C=C/C(=O)Oc1ccc(Cl)c(C)c1. The lowest BCUT2D eigenvalue weighted by molar-refractivity contribution is -0.128. The molecule has 0 N–H and O–H groups in total. The van der Waals surface area contributed by atoms with E-state index in [1.165, 1.54) is 6.08 Å². The highest BCUT2D eigenvalue weighted by Gasteiger charge is 2.04. The molecule has 0 saturated carbocycles. The van der Waals surface area contributed by atoms with Gasteiger partial charge in [0.15, 0.2) is 0 Å². The molecule has 0 aliphatic heterocycles. The standard InChI is InChI=1S/C17H15ClO3/c1-12-11-14(8-9-15(12)18)21-17(19)10-7-13-5-3-4-6-16(13)20-2/h3-11H,1-2H3/b10-7+. The Hall–Kier alpha value is -2.26. The van der Waals surface area contributed by atoms with E-state index in [9.17, 15) is 4.79 Å². The minimum absolute atomic E-state index is 0.456. The van der Waals surface area contributed by atoms with Crippen molar-refractivity contribution in [2.45, 2.75) is 6.92 Å². The monoisotopic (exact) mass is 302 g/mol. The van der Waals surface area contributed by atoms with Crippen LogP contribution >= 0.6 is 11.6 Å². The van der Waals surface area contributed by atoms with Gasteiger partial charge in [-0.05, 0) is 42.8 Å². The maximum Gasteiger partial charge on any atom is 0.336 e. The van der Waals surface area contributed by atoms with Crippen molar-refractivity contribution in [2.75, 3.05) is 7.11 Å². The van der Waals surface area contributed by atoms with Gasteiger partial charge in [0.2, 0.25) is 0 Å². The first-order valence-electron chi connectivity index (χ1n) is 6.39. The Morgan fingerprint density at radius 1 is 1.19 bits per heavy atom. The predicted octanol–water partition coefficient (Wildman–Crippen LogP) is 4.28. The normalized spacial score (nSPS) is 10.6. The number of hydrogen-bond donors (Lipinski definition) is 0. The van der Waals surface area contributed by atoms with E-state index in [0.717, 1.165) is 11.1 Å². The van der Waals surface area contributed by atoms with Crippen LogP contribution in [0.25, 0.3) is 6.08 Å². The number of halogens is 1. The minimum atomic E-state index is -0.456. The number of carbonyl (C=O) groups excluding carboxylic acids is 1. The Bertz CT molecular complexity index is 677. The van der Waals surface area contributed by atoms with Crippen molar-refractivity contribution in [3.8, 4) is 11.5 Å². The molecule has 2 aromatic carbocycles. The molecule has 0 amide bonds. The summed E-state index contributed by atoms with van der Waals surface area (Å²) >= 11 is 5.92. The topological polar surface area (TPSA) is 35.5 Å². The Balaban J connectivity index is 2.07. The van der Waals surface area contributed by atoms with Crippen LogP contribution < -0.4 is 9.47 Å². The Morgan fingerprint density at radius 2 is 1.95 bits per heavy atom. The molecule has 21 heavy (non-hydrogen) atoms. The summed E-state index contributed by atoms with van der Waals surface area (Å²) in [5.41, 5.74) is 1.67. The van der Waals surface area contributed by atoms with Gasteiger partial charge in [-0.15, -0.1) is 0 Å². The van der Waals surface area contributed by atoms with Gasteiger partial charge in [-0.3, -0.25) is 0 Å². The summed E-state index contributed by atoms with van der Waals surface area (Å²) in [4.78, 5) is 11.8. The zero-order valence-corrected chi connectivity index (χ0v) is 12.6. The van der Waals surface area contributed by atoms with Gasteiger partial charge in [0.25, 0.3) is 0 Å². The third kappa shape index (κ3) is 4.10. The number of aryl methyl sites for hydroxylation is 1. The summed E-state index contributed by atoms with van der Waals surface area (Å²) < 4.78 is 10.4. The molecule has 3 nitrogen and oxygen atoms in total. The molecule has 0 heterocycles. The van der Waals surface area contributed by atoms with Gasteiger partial charge in [-0.1, -0.05) is 29.8 Å². The molecule has 2 rings (SSSR count). The van der Waals surface area contributed by atoms with Gasteiger partial charge in [0, 0.05) is 16.7 Å². The fourth-order valence-electron chi connectivity index (χ4n) is 1.79. The molecular weight excluding hydrogens is 288 g/mol. The quantitative estimate of drug-likeness (QED) is 0.480. The van der Waals surface area contributed by atoms with Crippen molar-refractivity contribution in [3.05, 3.63) is 64.7 Å². The van der Waals surface area contributed by atoms with Gasteiger partial charge in [0.05, 0.1) is 7.11 Å². The van der Waals surface area contributed by atoms with Crippen LogP contribution in [0.15, 0.2) is 48.5 Å². The molecule has 0 fully saturated rings. The molecule has 0 radical (unpaired) electrons. The van der Waals surface area contributed by atoms with Crippen molar-refractivity contribution >= 4 is 23.6 Å². The molecule has 108 valence electrons. The first-order valence-corrected chi connectivity index (χ1v) is 6.77. The summed E-state index contributed by atoms with van der Waals surface area (Å²) in [5.74, 6) is 0.707. The van der Waals surface area contributed by atoms with Crippen LogP contribution in [-0.4, -0.2) is 13.1 Å². The molecular formula is C17H15ClO3. The zero-order valence-electron chi connectivity index (χ0n) is 11.8. The molecule has 0 unspecified atom stereocenters. The van der Waals surface area contributed by atoms with Gasteiger partial charge >= 0.3 is 5.97 Å². The second-order valence-corrected chi connectivity index (χ2v) is 4.81. The van der Waals surface area contributed by atoms with E-state index in [1.807, 2.05) is 31.2 Å². The molecule has 0 atom stereocenters. The number of para-hydroxylation sites is 1. The lowest BCUT2D eigenvalue weighted by Crippen LogP contribution is -2.03. The minimum Gasteiger partial charge on any atom is -0.496 e. The van der Waals surface area contributed by atoms with Gasteiger partial charge in [-0.25, -0.2) is 4.79 Å². The van der Waals surface area contributed by atoms with Crippen LogP contribution in [0, 0.1) is 6.92 Å². The Labute approximate surface area is 128 Å². The molecule has 0 saturated heterocycles. The van der Waals surface area contributed by atoms with Gasteiger partial charge in [0.1, 0.15) is 11.5 Å². The maximum atomic E-state index is 11.8. The van der Waals surface area contributed by atoms with Crippen molar-refractivity contribution in [2.24, 2.45) is 0 Å². The lowest BCUT2D eigenvalue weighted by Gasteiger charge is -2.05. The van der Waals surface area contributed by atoms with Crippen molar-refractivity contribution in [1.29, 1.82) is 0 Å². The highest BCUT2D eigenvalue weighted by Crippen LogP contribution is 2.22. The van der Waals surface area contributed by atoms with Crippen LogP contribution in [0.1, 0.15) is 11.1 Å². The summed E-state index contributed by atoms with van der Waals surface area (Å²) in [6.45, 7) is 1.85. The lowest BCUT2D eigenvalue weighted by atomic mass is 10.2. The second-order valence-electron chi connectivity index (χ2n) is 4.41. The first-order chi connectivity index (χ1) is 10.1. The number of hydrogen-bond acceptors (Lipinski definition) is 3. The number of benzene rings is 2. The molecule has 0 bridgehead atoms. The van der Waals surface area contributed by atoms with E-state index in [4.69, 9.17) is 21.1 Å². The summed E-state index contributed by atoms with van der Waals surface area (Å²) in [7, 11) is 1.58. The smallest absolute Gasteiger partial charge is 0.336 e. The van der Waals surface area contributed by atoms with Crippen molar-refractivity contribution in [3.63, 3.8) is 0 Å². The largest absolute Gasteiger partial charge is 0.496 e. The highest BCUT2D eigenvalue weighted by atomic mass is 35.5. The molecule has 0 spiro atoms. The van der Waals surface area contributed by atoms with E-state index in [1.54, 1.807) is 31.4 Å². The van der Waals surface area contributed by atoms with E-state index in [0.29, 0.717) is 16.5 Å². The number of ether oxygens (including phenoxy) is 2. The number of carbonyl (C=O) groups is 1. The number of methoxy groups -OCH3 is 1. The molecule has 2 aromatic rings. The van der Waals surface area contributed by atoms with Crippen molar-refractivity contribution in [1.82, 2.24) is 0 Å². The second kappa shape index (κ2) is 6.95. The highest BCUT2D eigenvalue weighted by molar-refractivity contribution is 6.31. The van der Waals surface area contributed by atoms with Crippen LogP contribution in [0.4, 0.5) is 0 Å². The number of esters is 1. The number of rotatable bonds is 4. The third-order valence-corrected chi connectivity index (χ3v) is 3.31. The van der Waals surface area contributed by atoms with Crippen LogP contribution in [0.3, 0.4) is 0 Å². The zero-order chi connectivity index (χ0) is 15.2. The Kier molecular flexibility index (Phi) is 5.01.